The molecule has 2 N–H and O–H groups in total. The number of amides is 2. The summed E-state index contributed by atoms with van der Waals surface area (Å²) in [6.07, 6.45) is 1.71. The largest absolute Gasteiger partial charge is 0.349 e. The lowest BCUT2D eigenvalue weighted by molar-refractivity contribution is 0.0937. The van der Waals surface area contributed by atoms with Crippen molar-refractivity contribution in [1.82, 2.24) is 5.32 Å². The van der Waals surface area contributed by atoms with Crippen LogP contribution in [0, 0.1) is 6.92 Å². The molecule has 1 aliphatic rings. The van der Waals surface area contributed by atoms with E-state index in [2.05, 4.69) is 22.8 Å². The third-order valence-electron chi connectivity index (χ3n) is 5.08. The molecule has 0 bridgehead atoms. The number of carbonyl (C=O) groups excluding carboxylic acids is 2. The van der Waals surface area contributed by atoms with Gasteiger partial charge in [-0.05, 0) is 61.2 Å². The molecule has 3 aromatic rings. The van der Waals surface area contributed by atoms with Gasteiger partial charge in [0.25, 0.3) is 11.8 Å². The van der Waals surface area contributed by atoms with Crippen molar-refractivity contribution in [2.45, 2.75) is 25.8 Å². The third kappa shape index (κ3) is 3.96. The van der Waals surface area contributed by atoms with Gasteiger partial charge >= 0.3 is 0 Å². The number of rotatable bonds is 4. The van der Waals surface area contributed by atoms with Crippen LogP contribution in [0.4, 0.5) is 5.69 Å². The fraction of sp³-hybridized carbons (Fsp3) is 0.167. The van der Waals surface area contributed by atoms with E-state index in [4.69, 9.17) is 0 Å². The maximum absolute atomic E-state index is 12.7. The van der Waals surface area contributed by atoms with Crippen LogP contribution in [0.25, 0.3) is 0 Å². The molecule has 3 aromatic carbocycles. The Bertz CT molecular complexity index is 1000. The minimum Gasteiger partial charge on any atom is -0.349 e. The average Bonchev–Trinajstić information content (AvgIpc) is 3.11. The molecule has 0 radical (unpaired) electrons. The Labute approximate surface area is 164 Å². The number of hydrogen-bond acceptors (Lipinski definition) is 2. The van der Waals surface area contributed by atoms with Crippen LogP contribution < -0.4 is 10.6 Å². The molecule has 4 heteroatoms. The van der Waals surface area contributed by atoms with Gasteiger partial charge in [-0.25, -0.2) is 0 Å². The van der Waals surface area contributed by atoms with Crippen LogP contribution in [0.15, 0.2) is 72.8 Å². The highest BCUT2D eigenvalue weighted by Gasteiger charge is 2.22. The van der Waals surface area contributed by atoms with Crippen LogP contribution in [0.3, 0.4) is 0 Å². The summed E-state index contributed by atoms with van der Waals surface area (Å²) in [5, 5.41) is 5.97. The van der Waals surface area contributed by atoms with E-state index >= 15 is 0 Å². The molecule has 0 atom stereocenters. The van der Waals surface area contributed by atoms with E-state index in [9.17, 15) is 9.59 Å². The van der Waals surface area contributed by atoms with Gasteiger partial charge < -0.3 is 10.6 Å². The lowest BCUT2D eigenvalue weighted by Gasteiger charge is -2.13. The molecule has 4 rings (SSSR count). The second-order valence-electron chi connectivity index (χ2n) is 7.25. The first kappa shape index (κ1) is 18.0. The summed E-state index contributed by atoms with van der Waals surface area (Å²) in [5.41, 5.74) is 5.43. The summed E-state index contributed by atoms with van der Waals surface area (Å²) >= 11 is 0. The Balaban J connectivity index is 1.41. The van der Waals surface area contributed by atoms with Gasteiger partial charge in [-0.1, -0.05) is 48.0 Å². The topological polar surface area (TPSA) is 58.2 Å². The molecule has 0 heterocycles. The van der Waals surface area contributed by atoms with Crippen molar-refractivity contribution in [3.05, 3.63) is 101 Å². The predicted octanol–water partition coefficient (Wildman–Crippen LogP) is 4.14. The van der Waals surface area contributed by atoms with Gasteiger partial charge in [0.2, 0.25) is 0 Å². The molecule has 0 fully saturated rings. The first-order chi connectivity index (χ1) is 13.6. The molecule has 0 unspecified atom stereocenters. The molecule has 0 saturated carbocycles. The van der Waals surface area contributed by atoms with Gasteiger partial charge in [-0.2, -0.15) is 0 Å². The van der Waals surface area contributed by atoms with Crippen molar-refractivity contribution in [1.29, 1.82) is 0 Å². The summed E-state index contributed by atoms with van der Waals surface area (Å²) in [6, 6.07) is 22.8. The zero-order chi connectivity index (χ0) is 19.5. The van der Waals surface area contributed by atoms with Gasteiger partial charge in [0.15, 0.2) is 0 Å². The minimum atomic E-state index is -0.191. The number of benzene rings is 3. The van der Waals surface area contributed by atoms with Crippen LogP contribution in [-0.4, -0.2) is 17.9 Å². The van der Waals surface area contributed by atoms with Crippen molar-refractivity contribution in [3.8, 4) is 0 Å². The number of fused-ring (bicyclic) bond motifs is 1. The molecular weight excluding hydrogens is 348 g/mol. The highest BCUT2D eigenvalue weighted by molar-refractivity contribution is 6.05. The van der Waals surface area contributed by atoms with E-state index < -0.39 is 0 Å². The normalized spacial score (nSPS) is 13.0. The van der Waals surface area contributed by atoms with Gasteiger partial charge in [-0.3, -0.25) is 9.59 Å². The molecular formula is C24H22N2O2. The Morgan fingerprint density at radius 3 is 2.14 bits per heavy atom. The minimum absolute atomic E-state index is 0.107. The smallest absolute Gasteiger partial charge is 0.255 e. The monoisotopic (exact) mass is 370 g/mol. The standard InChI is InChI=1S/C24H22N2O2/c1-16-9-11-17(12-10-16)23(27)25-21-8-4-7-20(15-21)24(28)26-22-13-18-5-2-3-6-19(18)14-22/h2-12,15,22H,13-14H2,1H3,(H,25,27)(H,26,28). The van der Waals surface area contributed by atoms with Gasteiger partial charge in [0.05, 0.1) is 0 Å². The Morgan fingerprint density at radius 2 is 1.46 bits per heavy atom. The molecule has 0 saturated heterocycles. The highest BCUT2D eigenvalue weighted by Crippen LogP contribution is 2.22. The lowest BCUT2D eigenvalue weighted by Crippen LogP contribution is -2.35. The Kier molecular flexibility index (Phi) is 4.94. The zero-order valence-corrected chi connectivity index (χ0v) is 15.7. The van der Waals surface area contributed by atoms with Gasteiger partial charge in [0, 0.05) is 22.9 Å². The highest BCUT2D eigenvalue weighted by atomic mass is 16.2. The fourth-order valence-corrected chi connectivity index (χ4v) is 3.58. The summed E-state index contributed by atoms with van der Waals surface area (Å²) in [6.45, 7) is 1.98. The molecule has 28 heavy (non-hydrogen) atoms. The molecule has 140 valence electrons. The molecule has 0 aromatic heterocycles. The quantitative estimate of drug-likeness (QED) is 0.725. The van der Waals surface area contributed by atoms with E-state index in [0.717, 1.165) is 18.4 Å². The summed E-state index contributed by atoms with van der Waals surface area (Å²) in [4.78, 5) is 25.1. The van der Waals surface area contributed by atoms with E-state index in [-0.39, 0.29) is 17.9 Å². The maximum atomic E-state index is 12.7. The molecule has 2 amide bonds. The van der Waals surface area contributed by atoms with Crippen molar-refractivity contribution in [2.75, 3.05) is 5.32 Å². The number of anilines is 1. The van der Waals surface area contributed by atoms with Crippen molar-refractivity contribution in [2.24, 2.45) is 0 Å². The molecule has 0 aliphatic heterocycles. The second-order valence-corrected chi connectivity index (χ2v) is 7.25. The third-order valence-corrected chi connectivity index (χ3v) is 5.08. The van der Waals surface area contributed by atoms with Gasteiger partial charge in [0.1, 0.15) is 0 Å². The van der Waals surface area contributed by atoms with Crippen LogP contribution in [0.1, 0.15) is 37.4 Å². The average molecular weight is 370 g/mol. The lowest BCUT2D eigenvalue weighted by atomic mass is 10.1. The summed E-state index contributed by atoms with van der Waals surface area (Å²) < 4.78 is 0. The van der Waals surface area contributed by atoms with E-state index in [1.165, 1.54) is 11.1 Å². The molecule has 0 spiro atoms. The van der Waals surface area contributed by atoms with Crippen LogP contribution in [0.2, 0.25) is 0 Å². The molecule has 1 aliphatic carbocycles. The zero-order valence-electron chi connectivity index (χ0n) is 15.7. The first-order valence-electron chi connectivity index (χ1n) is 9.44. The van der Waals surface area contributed by atoms with E-state index in [1.54, 1.807) is 36.4 Å². The fourth-order valence-electron chi connectivity index (χ4n) is 3.58. The van der Waals surface area contributed by atoms with E-state index in [0.29, 0.717) is 16.8 Å². The van der Waals surface area contributed by atoms with Crippen molar-refractivity contribution >= 4 is 17.5 Å². The molecule has 4 nitrogen and oxygen atoms in total. The Morgan fingerprint density at radius 1 is 0.786 bits per heavy atom. The van der Waals surface area contributed by atoms with Crippen molar-refractivity contribution in [3.63, 3.8) is 0 Å². The second kappa shape index (κ2) is 7.69. The summed E-state index contributed by atoms with van der Waals surface area (Å²) in [7, 11) is 0. The van der Waals surface area contributed by atoms with Crippen LogP contribution in [0.5, 0.6) is 0 Å². The Hall–Kier alpha value is -3.40. The van der Waals surface area contributed by atoms with E-state index in [1.807, 2.05) is 31.2 Å². The van der Waals surface area contributed by atoms with Crippen LogP contribution in [-0.2, 0) is 12.8 Å². The predicted molar refractivity (Wildman–Crippen MR) is 111 cm³/mol. The summed E-state index contributed by atoms with van der Waals surface area (Å²) in [5.74, 6) is -0.312. The maximum Gasteiger partial charge on any atom is 0.255 e. The van der Waals surface area contributed by atoms with Crippen molar-refractivity contribution < 1.29 is 9.59 Å². The SMILES string of the molecule is Cc1ccc(C(=O)Nc2cccc(C(=O)NC3Cc4ccccc4C3)c2)cc1. The number of carbonyl (C=O) groups is 2. The number of aryl methyl sites for hydroxylation is 1. The first-order valence-corrected chi connectivity index (χ1v) is 9.44. The number of nitrogens with one attached hydrogen (secondary N) is 2. The number of hydrogen-bond donors (Lipinski definition) is 2. The van der Waals surface area contributed by atoms with Crippen LogP contribution >= 0.6 is 0 Å². The van der Waals surface area contributed by atoms with Gasteiger partial charge in [-0.15, -0.1) is 0 Å².